The van der Waals surface area contributed by atoms with Crippen molar-refractivity contribution in [2.45, 2.75) is 26.8 Å². The number of H-pyrrole nitrogens is 1. The monoisotopic (exact) mass is 250 g/mol. The van der Waals surface area contributed by atoms with Gasteiger partial charge in [-0.3, -0.25) is 9.89 Å². The number of hydrogen-bond acceptors (Lipinski definition) is 4. The van der Waals surface area contributed by atoms with Crippen molar-refractivity contribution in [3.05, 3.63) is 33.5 Å². The number of hydrogen-bond donors (Lipinski definition) is 2. The second kappa shape index (κ2) is 5.09. The Hall–Kier alpha value is -1.69. The molecule has 2 rings (SSSR count). The van der Waals surface area contributed by atoms with Crippen molar-refractivity contribution in [1.82, 2.24) is 20.5 Å². The highest BCUT2D eigenvalue weighted by Gasteiger charge is 2.09. The molecule has 17 heavy (non-hydrogen) atoms. The van der Waals surface area contributed by atoms with Crippen molar-refractivity contribution < 1.29 is 4.79 Å². The molecule has 0 aliphatic rings. The third-order valence-corrected chi connectivity index (χ3v) is 3.20. The van der Waals surface area contributed by atoms with Gasteiger partial charge in [0, 0.05) is 23.2 Å². The van der Waals surface area contributed by atoms with Crippen molar-refractivity contribution in [3.8, 4) is 0 Å². The average molecular weight is 250 g/mol. The Morgan fingerprint density at radius 3 is 2.94 bits per heavy atom. The molecule has 0 aliphatic carbocycles. The summed E-state index contributed by atoms with van der Waals surface area (Å²) in [5.41, 5.74) is 5.52. The molecule has 2 heterocycles. The maximum absolute atomic E-state index is 11.7. The number of amides is 1. The number of nitrogens with zero attached hydrogens (tertiary/aromatic N) is 2. The van der Waals surface area contributed by atoms with Crippen LogP contribution in [-0.4, -0.2) is 21.1 Å². The number of aryl methyl sites for hydroxylation is 2. The zero-order chi connectivity index (χ0) is 12.3. The predicted octanol–water partition coefficient (Wildman–Crippen LogP) is 1.34. The molecule has 0 radical (unpaired) electrons. The van der Waals surface area contributed by atoms with Crippen molar-refractivity contribution >= 4 is 17.2 Å². The summed E-state index contributed by atoms with van der Waals surface area (Å²) in [6.45, 7) is 4.38. The average Bonchev–Trinajstić information content (AvgIpc) is 2.88. The van der Waals surface area contributed by atoms with Gasteiger partial charge in [-0.25, -0.2) is 4.98 Å². The molecule has 6 heteroatoms. The van der Waals surface area contributed by atoms with E-state index in [-0.39, 0.29) is 5.91 Å². The molecule has 0 aliphatic heterocycles. The van der Waals surface area contributed by atoms with Gasteiger partial charge in [0.15, 0.2) is 0 Å². The molecular weight excluding hydrogens is 236 g/mol. The molecule has 2 N–H and O–H groups in total. The van der Waals surface area contributed by atoms with Crippen LogP contribution in [0, 0.1) is 13.8 Å². The SMILES string of the molecule is Cc1n[nH]c(C)c1CNC(=O)Cc1cscn1. The van der Waals surface area contributed by atoms with Gasteiger partial charge in [-0.15, -0.1) is 11.3 Å². The summed E-state index contributed by atoms with van der Waals surface area (Å²) in [4.78, 5) is 15.7. The first-order chi connectivity index (χ1) is 8.16. The first kappa shape index (κ1) is 11.8. The Labute approximate surface area is 103 Å². The molecule has 0 saturated heterocycles. The summed E-state index contributed by atoms with van der Waals surface area (Å²) < 4.78 is 0. The fourth-order valence-corrected chi connectivity index (χ4v) is 2.13. The smallest absolute Gasteiger partial charge is 0.226 e. The van der Waals surface area contributed by atoms with Crippen LogP contribution in [0.3, 0.4) is 0 Å². The molecule has 0 fully saturated rings. The largest absolute Gasteiger partial charge is 0.352 e. The van der Waals surface area contributed by atoms with Gasteiger partial charge < -0.3 is 5.32 Å². The number of rotatable bonds is 4. The molecule has 0 unspecified atom stereocenters. The van der Waals surface area contributed by atoms with Gasteiger partial charge in [0.25, 0.3) is 0 Å². The topological polar surface area (TPSA) is 70.7 Å². The highest BCUT2D eigenvalue weighted by molar-refractivity contribution is 7.07. The lowest BCUT2D eigenvalue weighted by molar-refractivity contribution is -0.120. The highest BCUT2D eigenvalue weighted by Crippen LogP contribution is 2.08. The molecule has 5 nitrogen and oxygen atoms in total. The number of carbonyl (C=O) groups is 1. The van der Waals surface area contributed by atoms with Crippen LogP contribution in [0.15, 0.2) is 10.9 Å². The second-order valence-electron chi connectivity index (χ2n) is 3.85. The molecule has 2 aromatic rings. The predicted molar refractivity (Wildman–Crippen MR) is 65.7 cm³/mol. The number of aromatic amines is 1. The Bertz CT molecular complexity index is 484. The highest BCUT2D eigenvalue weighted by atomic mass is 32.1. The number of aromatic nitrogens is 3. The van der Waals surface area contributed by atoms with Crippen molar-refractivity contribution in [2.24, 2.45) is 0 Å². The molecule has 0 spiro atoms. The molecular formula is C11H14N4OS. The summed E-state index contributed by atoms with van der Waals surface area (Å²) in [6.07, 6.45) is 0.333. The van der Waals surface area contributed by atoms with E-state index in [9.17, 15) is 4.79 Å². The lowest BCUT2D eigenvalue weighted by atomic mass is 10.2. The molecule has 90 valence electrons. The third-order valence-electron chi connectivity index (χ3n) is 2.57. The summed E-state index contributed by atoms with van der Waals surface area (Å²) >= 11 is 1.50. The van der Waals surface area contributed by atoms with Gasteiger partial charge >= 0.3 is 0 Å². The van der Waals surface area contributed by atoms with Crippen LogP contribution in [0.5, 0.6) is 0 Å². The lowest BCUT2D eigenvalue weighted by Gasteiger charge is -2.04. The summed E-state index contributed by atoms with van der Waals surface area (Å²) in [5.74, 6) is -0.0177. The van der Waals surface area contributed by atoms with Crippen molar-refractivity contribution in [2.75, 3.05) is 0 Å². The standard InChI is InChI=1S/C11H14N4OS/c1-7-10(8(2)15-14-7)4-12-11(16)3-9-5-17-6-13-9/h5-6H,3-4H2,1-2H3,(H,12,16)(H,14,15). The summed E-state index contributed by atoms with van der Waals surface area (Å²) in [7, 11) is 0. The van der Waals surface area contributed by atoms with Gasteiger partial charge in [-0.05, 0) is 13.8 Å². The summed E-state index contributed by atoms with van der Waals surface area (Å²) in [6, 6.07) is 0. The Kier molecular flexibility index (Phi) is 3.53. The van der Waals surface area contributed by atoms with Crippen LogP contribution in [0.25, 0.3) is 0 Å². The van der Waals surface area contributed by atoms with E-state index in [1.807, 2.05) is 19.2 Å². The minimum Gasteiger partial charge on any atom is -0.352 e. The van der Waals surface area contributed by atoms with Gasteiger partial charge in [0.2, 0.25) is 5.91 Å². The van der Waals surface area contributed by atoms with Crippen LogP contribution in [0.4, 0.5) is 0 Å². The Morgan fingerprint density at radius 1 is 1.53 bits per heavy atom. The summed E-state index contributed by atoms with van der Waals surface area (Å²) in [5, 5.41) is 11.7. The molecule has 1 amide bonds. The van der Waals surface area contributed by atoms with E-state index in [1.165, 1.54) is 11.3 Å². The minimum absolute atomic E-state index is 0.0177. The molecule has 0 atom stereocenters. The molecule has 2 aromatic heterocycles. The second-order valence-corrected chi connectivity index (χ2v) is 4.56. The lowest BCUT2D eigenvalue weighted by Crippen LogP contribution is -2.25. The van der Waals surface area contributed by atoms with E-state index < -0.39 is 0 Å². The van der Waals surface area contributed by atoms with Crippen molar-refractivity contribution in [1.29, 1.82) is 0 Å². The maximum Gasteiger partial charge on any atom is 0.226 e. The van der Waals surface area contributed by atoms with Gasteiger partial charge in [-0.2, -0.15) is 5.10 Å². The quantitative estimate of drug-likeness (QED) is 0.860. The van der Waals surface area contributed by atoms with E-state index in [0.717, 1.165) is 22.6 Å². The van der Waals surface area contributed by atoms with E-state index in [0.29, 0.717) is 13.0 Å². The van der Waals surface area contributed by atoms with E-state index in [2.05, 4.69) is 20.5 Å². The van der Waals surface area contributed by atoms with Crippen LogP contribution >= 0.6 is 11.3 Å². The van der Waals surface area contributed by atoms with Crippen LogP contribution in [0.2, 0.25) is 0 Å². The molecule has 0 bridgehead atoms. The Balaban J connectivity index is 1.88. The van der Waals surface area contributed by atoms with E-state index in [1.54, 1.807) is 5.51 Å². The fourth-order valence-electron chi connectivity index (χ4n) is 1.57. The number of thiazole rings is 1. The van der Waals surface area contributed by atoms with Crippen LogP contribution in [-0.2, 0) is 17.8 Å². The fraction of sp³-hybridized carbons (Fsp3) is 0.364. The number of nitrogens with one attached hydrogen (secondary N) is 2. The number of carbonyl (C=O) groups excluding carboxylic acids is 1. The zero-order valence-electron chi connectivity index (χ0n) is 9.78. The van der Waals surface area contributed by atoms with Gasteiger partial charge in [0.1, 0.15) is 0 Å². The normalized spacial score (nSPS) is 10.5. The van der Waals surface area contributed by atoms with Crippen molar-refractivity contribution in [3.63, 3.8) is 0 Å². The van der Waals surface area contributed by atoms with E-state index in [4.69, 9.17) is 0 Å². The van der Waals surface area contributed by atoms with Crippen LogP contribution < -0.4 is 5.32 Å². The van der Waals surface area contributed by atoms with Gasteiger partial charge in [0.05, 0.1) is 23.3 Å². The van der Waals surface area contributed by atoms with Crippen LogP contribution in [0.1, 0.15) is 22.6 Å². The maximum atomic E-state index is 11.7. The molecule has 0 saturated carbocycles. The zero-order valence-corrected chi connectivity index (χ0v) is 10.6. The molecule has 0 aromatic carbocycles. The first-order valence-electron chi connectivity index (χ1n) is 5.31. The third kappa shape index (κ3) is 2.91. The van der Waals surface area contributed by atoms with Gasteiger partial charge in [-0.1, -0.05) is 0 Å². The minimum atomic E-state index is -0.0177. The Morgan fingerprint density at radius 2 is 2.35 bits per heavy atom. The first-order valence-corrected chi connectivity index (χ1v) is 6.25. The van der Waals surface area contributed by atoms with E-state index >= 15 is 0 Å².